The molecule has 1 heterocycles. The van der Waals surface area contributed by atoms with Crippen molar-refractivity contribution >= 4 is 15.9 Å². The van der Waals surface area contributed by atoms with Crippen LogP contribution in [-0.2, 0) is 0 Å². The van der Waals surface area contributed by atoms with Crippen molar-refractivity contribution in [2.24, 2.45) is 0 Å². The average Bonchev–Trinajstić information content (AvgIpc) is 2.70. The van der Waals surface area contributed by atoms with Crippen LogP contribution in [0.5, 0.6) is 0 Å². The van der Waals surface area contributed by atoms with Gasteiger partial charge < -0.3 is 0 Å². The summed E-state index contributed by atoms with van der Waals surface area (Å²) in [4.78, 5) is 4.48. The zero-order chi connectivity index (χ0) is 17.1. The van der Waals surface area contributed by atoms with E-state index in [1.165, 1.54) is 37.7 Å². The van der Waals surface area contributed by atoms with Crippen LogP contribution >= 0.6 is 15.9 Å². The summed E-state index contributed by atoms with van der Waals surface area (Å²) in [6, 6.07) is 16.7. The summed E-state index contributed by atoms with van der Waals surface area (Å²) in [5, 5.41) is 8.66. The van der Waals surface area contributed by atoms with Crippen molar-refractivity contribution < 1.29 is 0 Å². The van der Waals surface area contributed by atoms with E-state index < -0.39 is 0 Å². The maximum absolute atomic E-state index is 4.48. The summed E-state index contributed by atoms with van der Waals surface area (Å²) in [7, 11) is 0. The van der Waals surface area contributed by atoms with Crippen LogP contribution in [0.15, 0.2) is 59.2 Å². The van der Waals surface area contributed by atoms with Crippen LogP contribution in [-0.4, -0.2) is 15.2 Å². The lowest BCUT2D eigenvalue weighted by molar-refractivity contribution is 0.443. The minimum Gasteiger partial charge on any atom is -0.233 e. The van der Waals surface area contributed by atoms with Gasteiger partial charge in [-0.2, -0.15) is 0 Å². The van der Waals surface area contributed by atoms with Gasteiger partial charge in [-0.05, 0) is 36.5 Å². The van der Waals surface area contributed by atoms with Crippen LogP contribution < -0.4 is 0 Å². The minimum absolute atomic E-state index is 0.648. The summed E-state index contributed by atoms with van der Waals surface area (Å²) in [6.45, 7) is 0. The largest absolute Gasteiger partial charge is 0.233 e. The van der Waals surface area contributed by atoms with E-state index in [2.05, 4.69) is 55.4 Å². The Kier molecular flexibility index (Phi) is 4.88. The first kappa shape index (κ1) is 16.4. The quantitative estimate of drug-likeness (QED) is 0.546. The zero-order valence-corrected chi connectivity index (χ0v) is 15.6. The molecule has 0 saturated heterocycles. The fourth-order valence-corrected chi connectivity index (χ4v) is 3.76. The highest BCUT2D eigenvalue weighted by Crippen LogP contribution is 2.33. The van der Waals surface area contributed by atoms with E-state index in [9.17, 15) is 0 Å². The molecule has 1 fully saturated rings. The Labute approximate surface area is 156 Å². The summed E-state index contributed by atoms with van der Waals surface area (Å²) < 4.78 is 1.04. The van der Waals surface area contributed by atoms with Gasteiger partial charge in [0.2, 0.25) is 0 Å². The van der Waals surface area contributed by atoms with Crippen molar-refractivity contribution in [2.45, 2.75) is 38.0 Å². The zero-order valence-electron chi connectivity index (χ0n) is 14.0. The highest BCUT2D eigenvalue weighted by atomic mass is 79.9. The molecule has 0 aliphatic heterocycles. The van der Waals surface area contributed by atoms with Crippen LogP contribution in [0.3, 0.4) is 0 Å². The normalized spacial score (nSPS) is 15.2. The molecule has 0 N–H and O–H groups in total. The average molecular weight is 394 g/mol. The van der Waals surface area contributed by atoms with Crippen molar-refractivity contribution in [1.82, 2.24) is 15.2 Å². The lowest BCUT2D eigenvalue weighted by atomic mass is 9.84. The molecule has 1 saturated carbocycles. The molecule has 4 rings (SSSR count). The second kappa shape index (κ2) is 7.44. The lowest BCUT2D eigenvalue weighted by Crippen LogP contribution is -2.04. The van der Waals surface area contributed by atoms with Gasteiger partial charge in [0, 0.05) is 15.6 Å². The molecule has 3 aromatic rings. The third-order valence-corrected chi connectivity index (χ3v) is 5.48. The molecule has 0 atom stereocenters. The third-order valence-electron chi connectivity index (χ3n) is 4.95. The van der Waals surface area contributed by atoms with Crippen LogP contribution in [0.25, 0.3) is 22.6 Å². The minimum atomic E-state index is 0.648. The van der Waals surface area contributed by atoms with E-state index in [1.807, 2.05) is 24.3 Å². The molecule has 25 heavy (non-hydrogen) atoms. The Balaban J connectivity index is 1.52. The van der Waals surface area contributed by atoms with Crippen LogP contribution in [0.2, 0.25) is 0 Å². The molecule has 0 bridgehead atoms. The number of hydrogen-bond acceptors (Lipinski definition) is 3. The SMILES string of the molecule is Brc1ccc(-c2ncc(-c3ccc(C4CCCCC4)cc3)nn2)cc1. The fourth-order valence-electron chi connectivity index (χ4n) is 3.50. The predicted molar refractivity (Wildman–Crippen MR) is 104 cm³/mol. The molecule has 0 amide bonds. The van der Waals surface area contributed by atoms with Gasteiger partial charge in [-0.25, -0.2) is 4.98 Å². The van der Waals surface area contributed by atoms with Crippen molar-refractivity contribution in [1.29, 1.82) is 0 Å². The number of rotatable bonds is 3. The van der Waals surface area contributed by atoms with Crippen molar-refractivity contribution in [3.63, 3.8) is 0 Å². The molecule has 1 aliphatic carbocycles. The Morgan fingerprint density at radius 2 is 1.44 bits per heavy atom. The number of nitrogens with zero attached hydrogens (tertiary/aromatic N) is 3. The summed E-state index contributed by atoms with van der Waals surface area (Å²) in [5.41, 5.74) is 4.31. The number of halogens is 1. The van der Waals surface area contributed by atoms with Crippen LogP contribution in [0.4, 0.5) is 0 Å². The monoisotopic (exact) mass is 393 g/mol. The van der Waals surface area contributed by atoms with Gasteiger partial charge in [0.1, 0.15) is 5.69 Å². The lowest BCUT2D eigenvalue weighted by Gasteiger charge is -2.22. The molecule has 0 spiro atoms. The second-order valence-electron chi connectivity index (χ2n) is 6.63. The maximum Gasteiger partial charge on any atom is 0.181 e. The van der Waals surface area contributed by atoms with E-state index in [4.69, 9.17) is 0 Å². The Morgan fingerprint density at radius 1 is 0.760 bits per heavy atom. The van der Waals surface area contributed by atoms with E-state index in [0.29, 0.717) is 5.82 Å². The first-order valence-corrected chi connectivity index (χ1v) is 9.65. The summed E-state index contributed by atoms with van der Waals surface area (Å²) >= 11 is 3.44. The number of benzene rings is 2. The fraction of sp³-hybridized carbons (Fsp3) is 0.286. The van der Waals surface area contributed by atoms with Crippen molar-refractivity contribution in [3.8, 4) is 22.6 Å². The van der Waals surface area contributed by atoms with Crippen LogP contribution in [0, 0.1) is 0 Å². The highest BCUT2D eigenvalue weighted by molar-refractivity contribution is 9.10. The van der Waals surface area contributed by atoms with Crippen LogP contribution in [0.1, 0.15) is 43.6 Å². The van der Waals surface area contributed by atoms with Gasteiger partial charge in [-0.3, -0.25) is 0 Å². The van der Waals surface area contributed by atoms with E-state index >= 15 is 0 Å². The maximum atomic E-state index is 4.48. The topological polar surface area (TPSA) is 38.7 Å². The van der Waals surface area contributed by atoms with E-state index in [0.717, 1.165) is 27.2 Å². The summed E-state index contributed by atoms with van der Waals surface area (Å²) in [5.74, 6) is 1.38. The molecule has 0 unspecified atom stereocenters. The van der Waals surface area contributed by atoms with E-state index in [-0.39, 0.29) is 0 Å². The molecular formula is C21H20BrN3. The third kappa shape index (κ3) is 3.79. The second-order valence-corrected chi connectivity index (χ2v) is 7.55. The van der Waals surface area contributed by atoms with Gasteiger partial charge in [0.15, 0.2) is 5.82 Å². The molecule has 126 valence electrons. The molecule has 3 nitrogen and oxygen atoms in total. The van der Waals surface area contributed by atoms with Crippen molar-refractivity contribution in [3.05, 3.63) is 64.8 Å². The smallest absolute Gasteiger partial charge is 0.181 e. The van der Waals surface area contributed by atoms with Crippen molar-refractivity contribution in [2.75, 3.05) is 0 Å². The standard InChI is InChI=1S/C21H20BrN3/c22-19-12-10-18(11-13-19)21-23-14-20(24-25-21)17-8-6-16(7-9-17)15-4-2-1-3-5-15/h6-15H,1-5H2. The first-order chi connectivity index (χ1) is 12.3. The molecule has 1 aliphatic rings. The first-order valence-electron chi connectivity index (χ1n) is 8.85. The molecular weight excluding hydrogens is 374 g/mol. The molecule has 0 radical (unpaired) electrons. The van der Waals surface area contributed by atoms with Gasteiger partial charge in [-0.15, -0.1) is 10.2 Å². The Hall–Kier alpha value is -2.07. The number of aromatic nitrogens is 3. The number of hydrogen-bond donors (Lipinski definition) is 0. The van der Waals surface area contributed by atoms with Gasteiger partial charge in [-0.1, -0.05) is 71.6 Å². The summed E-state index contributed by atoms with van der Waals surface area (Å²) in [6.07, 6.45) is 8.56. The Morgan fingerprint density at radius 3 is 2.08 bits per heavy atom. The van der Waals surface area contributed by atoms with Gasteiger partial charge in [0.25, 0.3) is 0 Å². The Bertz CT molecular complexity index is 821. The van der Waals surface area contributed by atoms with E-state index in [1.54, 1.807) is 6.20 Å². The molecule has 4 heteroatoms. The predicted octanol–water partition coefficient (Wildman–Crippen LogP) is 6.02. The highest BCUT2D eigenvalue weighted by Gasteiger charge is 2.15. The van der Waals surface area contributed by atoms with Gasteiger partial charge in [0.05, 0.1) is 6.20 Å². The molecule has 1 aromatic heterocycles. The van der Waals surface area contributed by atoms with Gasteiger partial charge >= 0.3 is 0 Å². The molecule has 2 aromatic carbocycles.